The zero-order valence-electron chi connectivity index (χ0n) is 12.4. The first kappa shape index (κ1) is 15.4. The van der Waals surface area contributed by atoms with Gasteiger partial charge >= 0.3 is 0 Å². The molecule has 1 saturated carbocycles. The fraction of sp³-hybridized carbons (Fsp3) is 0.647. The van der Waals surface area contributed by atoms with Crippen LogP contribution < -0.4 is 5.73 Å². The molecule has 2 nitrogen and oxygen atoms in total. The van der Waals surface area contributed by atoms with Crippen LogP contribution in [0.2, 0.25) is 0 Å². The maximum absolute atomic E-state index is 13.6. The maximum Gasteiger partial charge on any atom is 0.123 e. The second kappa shape index (κ2) is 6.76. The molecule has 2 fully saturated rings. The fourth-order valence-corrected chi connectivity index (χ4v) is 4.67. The third-order valence-electron chi connectivity index (χ3n) is 5.30. The van der Waals surface area contributed by atoms with Crippen molar-refractivity contribution in [2.24, 2.45) is 17.6 Å². The predicted octanol–water partition coefficient (Wildman–Crippen LogP) is 4.10. The molecule has 2 N–H and O–H groups in total. The van der Waals surface area contributed by atoms with E-state index in [1.807, 2.05) is 0 Å². The molecule has 3 rings (SSSR count). The molecular formula is C17H24BrFN2. The average Bonchev–Trinajstić information content (AvgIpc) is 2.51. The summed E-state index contributed by atoms with van der Waals surface area (Å²) < 4.78 is 14.6. The van der Waals surface area contributed by atoms with E-state index in [9.17, 15) is 4.39 Å². The van der Waals surface area contributed by atoms with E-state index >= 15 is 0 Å². The number of likely N-dealkylation sites (tertiary alicyclic amines) is 1. The maximum atomic E-state index is 13.6. The molecule has 0 spiro atoms. The predicted molar refractivity (Wildman–Crippen MR) is 87.5 cm³/mol. The van der Waals surface area contributed by atoms with Gasteiger partial charge in [0.25, 0.3) is 0 Å². The minimum atomic E-state index is -0.181. The van der Waals surface area contributed by atoms with Crippen LogP contribution in [0, 0.1) is 17.7 Å². The summed E-state index contributed by atoms with van der Waals surface area (Å²) in [5.41, 5.74) is 7.03. The zero-order chi connectivity index (χ0) is 14.8. The van der Waals surface area contributed by atoms with Crippen molar-refractivity contribution in [1.82, 2.24) is 4.90 Å². The third kappa shape index (κ3) is 3.33. The number of benzene rings is 1. The molecule has 0 amide bonds. The molecule has 1 aliphatic heterocycles. The summed E-state index contributed by atoms with van der Waals surface area (Å²) in [5, 5.41) is 0. The lowest BCUT2D eigenvalue weighted by Gasteiger charge is -2.44. The summed E-state index contributed by atoms with van der Waals surface area (Å²) in [4.78, 5) is 2.48. The highest BCUT2D eigenvalue weighted by Gasteiger charge is 2.34. The van der Waals surface area contributed by atoms with E-state index in [-0.39, 0.29) is 11.9 Å². The minimum Gasteiger partial charge on any atom is -0.329 e. The van der Waals surface area contributed by atoms with Gasteiger partial charge in [0.1, 0.15) is 5.82 Å². The largest absolute Gasteiger partial charge is 0.329 e. The van der Waals surface area contributed by atoms with Crippen molar-refractivity contribution in [1.29, 1.82) is 0 Å². The standard InChI is InChI=1S/C17H24BrFN2/c18-16-6-5-14(19)9-15(16)17(10-20)21-8-7-12-3-1-2-4-13(12)11-21/h5-6,9,12-13,17H,1-4,7-8,10-11,20H2. The first-order valence-electron chi connectivity index (χ1n) is 8.08. The Kier molecular flexibility index (Phi) is 4.97. The van der Waals surface area contributed by atoms with Gasteiger partial charge in [-0.2, -0.15) is 0 Å². The Balaban J connectivity index is 1.78. The van der Waals surface area contributed by atoms with Crippen molar-refractivity contribution >= 4 is 15.9 Å². The highest BCUT2D eigenvalue weighted by Crippen LogP contribution is 2.39. The molecule has 4 heteroatoms. The molecule has 3 unspecified atom stereocenters. The molecule has 1 aliphatic carbocycles. The molecule has 0 aromatic heterocycles. The topological polar surface area (TPSA) is 29.3 Å². The summed E-state index contributed by atoms with van der Waals surface area (Å²) in [7, 11) is 0. The van der Waals surface area contributed by atoms with Crippen LogP contribution in [0.5, 0.6) is 0 Å². The second-order valence-corrected chi connectivity index (χ2v) is 7.36. The van der Waals surface area contributed by atoms with Gasteiger partial charge < -0.3 is 5.73 Å². The first-order chi connectivity index (χ1) is 10.2. The van der Waals surface area contributed by atoms with Gasteiger partial charge in [-0.1, -0.05) is 35.2 Å². The molecule has 2 aliphatic rings. The van der Waals surface area contributed by atoms with Gasteiger partial charge in [-0.25, -0.2) is 4.39 Å². The van der Waals surface area contributed by atoms with Gasteiger partial charge in [0.2, 0.25) is 0 Å². The van der Waals surface area contributed by atoms with Crippen molar-refractivity contribution in [3.05, 3.63) is 34.1 Å². The average molecular weight is 355 g/mol. The lowest BCUT2D eigenvalue weighted by Crippen LogP contribution is -2.45. The van der Waals surface area contributed by atoms with Crippen LogP contribution in [-0.2, 0) is 0 Å². The van der Waals surface area contributed by atoms with E-state index in [1.165, 1.54) is 38.2 Å². The number of hydrogen-bond donors (Lipinski definition) is 1. The Morgan fingerprint density at radius 1 is 1.24 bits per heavy atom. The van der Waals surface area contributed by atoms with E-state index in [4.69, 9.17) is 5.73 Å². The number of rotatable bonds is 3. The number of fused-ring (bicyclic) bond motifs is 1. The van der Waals surface area contributed by atoms with Gasteiger partial charge in [-0.3, -0.25) is 4.90 Å². The number of piperidine rings is 1. The molecule has 1 aromatic carbocycles. The Labute approximate surface area is 135 Å². The minimum absolute atomic E-state index is 0.123. The lowest BCUT2D eigenvalue weighted by atomic mass is 9.74. The third-order valence-corrected chi connectivity index (χ3v) is 6.03. The van der Waals surface area contributed by atoms with Gasteiger partial charge in [0.05, 0.1) is 0 Å². The Morgan fingerprint density at radius 3 is 2.76 bits per heavy atom. The van der Waals surface area contributed by atoms with E-state index in [0.717, 1.165) is 35.0 Å². The molecule has 3 atom stereocenters. The van der Waals surface area contributed by atoms with Gasteiger partial charge in [0.15, 0.2) is 0 Å². The number of halogens is 2. The fourth-order valence-electron chi connectivity index (χ4n) is 4.15. The van der Waals surface area contributed by atoms with Gasteiger partial charge in [-0.05, 0) is 55.0 Å². The van der Waals surface area contributed by atoms with Crippen molar-refractivity contribution in [2.45, 2.75) is 38.1 Å². The Bertz CT molecular complexity index is 494. The van der Waals surface area contributed by atoms with Gasteiger partial charge in [-0.15, -0.1) is 0 Å². The molecule has 1 heterocycles. The summed E-state index contributed by atoms with van der Waals surface area (Å²) in [5.74, 6) is 1.54. The van der Waals surface area contributed by atoms with E-state index in [2.05, 4.69) is 20.8 Å². The molecule has 0 bridgehead atoms. The number of nitrogens with zero attached hydrogens (tertiary/aromatic N) is 1. The van der Waals surface area contributed by atoms with Crippen LogP contribution in [0.4, 0.5) is 4.39 Å². The molecule has 1 aromatic rings. The quantitative estimate of drug-likeness (QED) is 0.885. The van der Waals surface area contributed by atoms with Crippen LogP contribution in [-0.4, -0.2) is 24.5 Å². The van der Waals surface area contributed by atoms with Crippen molar-refractivity contribution in [2.75, 3.05) is 19.6 Å². The van der Waals surface area contributed by atoms with Crippen LogP contribution in [0.1, 0.15) is 43.7 Å². The summed E-state index contributed by atoms with van der Waals surface area (Å²) >= 11 is 3.56. The lowest BCUT2D eigenvalue weighted by molar-refractivity contribution is 0.0583. The molecule has 0 radical (unpaired) electrons. The van der Waals surface area contributed by atoms with Crippen LogP contribution in [0.15, 0.2) is 22.7 Å². The Morgan fingerprint density at radius 2 is 2.00 bits per heavy atom. The molecular weight excluding hydrogens is 331 g/mol. The highest BCUT2D eigenvalue weighted by molar-refractivity contribution is 9.10. The first-order valence-corrected chi connectivity index (χ1v) is 8.87. The van der Waals surface area contributed by atoms with Crippen molar-refractivity contribution < 1.29 is 4.39 Å². The van der Waals surface area contributed by atoms with Crippen molar-refractivity contribution in [3.63, 3.8) is 0 Å². The van der Waals surface area contributed by atoms with Crippen LogP contribution in [0.25, 0.3) is 0 Å². The molecule has 21 heavy (non-hydrogen) atoms. The summed E-state index contributed by atoms with van der Waals surface area (Å²) in [6.07, 6.45) is 6.79. The van der Waals surface area contributed by atoms with Crippen molar-refractivity contribution in [3.8, 4) is 0 Å². The SMILES string of the molecule is NCC(c1cc(F)ccc1Br)N1CCC2CCCCC2C1. The smallest absolute Gasteiger partial charge is 0.123 e. The highest BCUT2D eigenvalue weighted by atomic mass is 79.9. The number of nitrogens with two attached hydrogens (primary N) is 1. The summed E-state index contributed by atoms with van der Waals surface area (Å²) in [6, 6.07) is 5.04. The number of hydrogen-bond acceptors (Lipinski definition) is 2. The van der Waals surface area contributed by atoms with E-state index < -0.39 is 0 Å². The normalized spacial score (nSPS) is 28.1. The zero-order valence-corrected chi connectivity index (χ0v) is 14.0. The van der Waals surface area contributed by atoms with E-state index in [0.29, 0.717) is 6.54 Å². The Hall–Kier alpha value is -0.450. The summed E-state index contributed by atoms with van der Waals surface area (Å²) in [6.45, 7) is 2.75. The van der Waals surface area contributed by atoms with E-state index in [1.54, 1.807) is 12.1 Å². The van der Waals surface area contributed by atoms with Crippen LogP contribution in [0.3, 0.4) is 0 Å². The van der Waals surface area contributed by atoms with Gasteiger partial charge in [0, 0.05) is 23.6 Å². The van der Waals surface area contributed by atoms with Crippen LogP contribution >= 0.6 is 15.9 Å². The monoisotopic (exact) mass is 354 g/mol. The molecule has 116 valence electrons. The second-order valence-electron chi connectivity index (χ2n) is 6.51. The molecule has 1 saturated heterocycles.